The van der Waals surface area contributed by atoms with Crippen LogP contribution in [-0.4, -0.2) is 62.4 Å². The summed E-state index contributed by atoms with van der Waals surface area (Å²) < 4.78 is 40.8. The van der Waals surface area contributed by atoms with Gasteiger partial charge in [0.05, 0.1) is 23.1 Å². The van der Waals surface area contributed by atoms with Gasteiger partial charge in [0.15, 0.2) is 14.1 Å². The number of ether oxygens (including phenoxy) is 1. The fraction of sp³-hybridized carbons (Fsp3) is 0.457. The number of halogens is 2. The molecule has 0 saturated carbocycles. The summed E-state index contributed by atoms with van der Waals surface area (Å²) in [5.41, 5.74) is 2.61. The summed E-state index contributed by atoms with van der Waals surface area (Å²) in [7, 11) is -2.11. The summed E-state index contributed by atoms with van der Waals surface area (Å²) in [6.45, 7) is 13.5. The molecule has 2 bridgehead atoms. The third kappa shape index (κ3) is 5.56. The van der Waals surface area contributed by atoms with Crippen LogP contribution in [0.15, 0.2) is 48.8 Å². The largest absolute Gasteiger partial charge is 0.480 e. The number of amides is 1. The number of carboxylic acid groups (broad SMARTS) is 1. The van der Waals surface area contributed by atoms with Crippen LogP contribution >= 0.6 is 0 Å². The van der Waals surface area contributed by atoms with Gasteiger partial charge in [0.25, 0.3) is 5.91 Å². The van der Waals surface area contributed by atoms with E-state index in [2.05, 4.69) is 33.9 Å². The molecule has 0 fully saturated rings. The molecular weight excluding hydrogens is 636 g/mol. The van der Waals surface area contributed by atoms with Crippen LogP contribution in [0.3, 0.4) is 0 Å². The van der Waals surface area contributed by atoms with E-state index in [1.165, 1.54) is 23.1 Å². The van der Waals surface area contributed by atoms with Gasteiger partial charge in [-0.2, -0.15) is 8.78 Å². The molecule has 10 nitrogen and oxygen atoms in total. The van der Waals surface area contributed by atoms with Gasteiger partial charge in [-0.15, -0.1) is 0 Å². The molecule has 2 aliphatic rings. The van der Waals surface area contributed by atoms with E-state index in [1.54, 1.807) is 19.3 Å². The number of benzene rings is 2. The van der Waals surface area contributed by atoms with E-state index < -0.39 is 50.5 Å². The number of nitrogens with zero attached hydrogens (tertiary/aromatic N) is 5. The maximum Gasteiger partial charge on any atom is 0.387 e. The summed E-state index contributed by atoms with van der Waals surface area (Å²) in [4.78, 5) is 42.1. The van der Waals surface area contributed by atoms with Gasteiger partial charge in [-0.05, 0) is 68.2 Å². The third-order valence-electron chi connectivity index (χ3n) is 10.0. The van der Waals surface area contributed by atoms with E-state index in [0.717, 1.165) is 11.1 Å². The number of fused-ring (bicyclic) bond motifs is 9. The molecule has 4 heterocycles. The molecule has 0 radical (unpaired) electrons. The summed E-state index contributed by atoms with van der Waals surface area (Å²) in [5, 5.41) is 10.2. The van der Waals surface area contributed by atoms with E-state index in [0.29, 0.717) is 22.7 Å². The van der Waals surface area contributed by atoms with Gasteiger partial charge in [0.1, 0.15) is 23.2 Å². The second-order valence-corrected chi connectivity index (χ2v) is 19.3. The minimum absolute atomic E-state index is 0.0186. The van der Waals surface area contributed by atoms with Crippen molar-refractivity contribution in [3.63, 3.8) is 0 Å². The van der Waals surface area contributed by atoms with Crippen LogP contribution in [0.4, 0.5) is 8.78 Å². The average Bonchev–Trinajstić information content (AvgIpc) is 3.51. The molecule has 13 heteroatoms. The summed E-state index contributed by atoms with van der Waals surface area (Å²) >= 11 is 0. The van der Waals surface area contributed by atoms with Crippen molar-refractivity contribution < 1.29 is 32.6 Å². The van der Waals surface area contributed by atoms with Gasteiger partial charge in [0.2, 0.25) is 0 Å². The van der Waals surface area contributed by atoms with Crippen molar-refractivity contribution in [2.24, 2.45) is 0 Å². The van der Waals surface area contributed by atoms with Gasteiger partial charge in [-0.3, -0.25) is 4.79 Å². The van der Waals surface area contributed by atoms with Gasteiger partial charge in [-0.25, -0.2) is 19.7 Å². The second kappa shape index (κ2) is 11.7. The lowest BCUT2D eigenvalue weighted by molar-refractivity contribution is -0.143. The molecule has 4 aromatic rings. The number of carbonyl (C=O) groups is 2. The number of aliphatic carboxylic acids is 1. The molecule has 254 valence electrons. The molecule has 3 atom stereocenters. The third-order valence-corrected chi connectivity index (χ3v) is 14.7. The molecular formula is C35H41F2N5O5Si. The maximum atomic E-state index is 14.0. The van der Waals surface area contributed by atoms with Gasteiger partial charge < -0.3 is 23.7 Å². The lowest BCUT2D eigenvalue weighted by atomic mass is 9.97. The Morgan fingerprint density at radius 3 is 2.35 bits per heavy atom. The van der Waals surface area contributed by atoms with Crippen molar-refractivity contribution in [2.75, 3.05) is 0 Å². The van der Waals surface area contributed by atoms with Crippen molar-refractivity contribution in [1.29, 1.82) is 0 Å². The standard InChI is InChI=1S/C35H41F2N5O5Si/c1-9-23(31(44)45)42-26-16-25(28-21(30(42)43)11-10-12-27(28)46-33(36)37)41-24-15-19(13-14-22(24)40-29(26)41)20-17-38-32(39-18-20)35(5,6)47-48(7,8)34(2,3)4/h10-15,17-18,23,25-26,33H,9,16H2,1-8H3,(H,44,45)/t23?,25-,26-/m1/s1. The topological polar surface area (TPSA) is 120 Å². The average molecular weight is 678 g/mol. The van der Waals surface area contributed by atoms with Crippen LogP contribution in [0.5, 0.6) is 5.75 Å². The number of hydrogen-bond acceptors (Lipinski definition) is 7. The first-order chi connectivity index (χ1) is 22.4. The monoisotopic (exact) mass is 677 g/mol. The summed E-state index contributed by atoms with van der Waals surface area (Å²) in [5.74, 6) is -0.757. The maximum absolute atomic E-state index is 14.0. The highest BCUT2D eigenvalue weighted by Crippen LogP contribution is 2.51. The Bertz CT molecular complexity index is 1900. The smallest absolute Gasteiger partial charge is 0.387 e. The number of carboxylic acids is 1. The number of imidazole rings is 1. The second-order valence-electron chi connectivity index (χ2n) is 14.5. The fourth-order valence-electron chi connectivity index (χ4n) is 6.79. The molecule has 1 amide bonds. The quantitative estimate of drug-likeness (QED) is 0.179. The first kappa shape index (κ1) is 33.7. The molecule has 6 rings (SSSR count). The highest BCUT2D eigenvalue weighted by Gasteiger charge is 2.49. The van der Waals surface area contributed by atoms with Crippen molar-refractivity contribution >= 4 is 31.2 Å². The van der Waals surface area contributed by atoms with Crippen LogP contribution in [0.2, 0.25) is 18.1 Å². The zero-order valence-corrected chi connectivity index (χ0v) is 29.4. The van der Waals surface area contributed by atoms with Gasteiger partial charge in [-0.1, -0.05) is 39.8 Å². The fourth-order valence-corrected chi connectivity index (χ4v) is 8.46. The van der Waals surface area contributed by atoms with Crippen molar-refractivity contribution in [1.82, 2.24) is 24.4 Å². The van der Waals surface area contributed by atoms with Gasteiger partial charge in [0, 0.05) is 35.5 Å². The molecule has 48 heavy (non-hydrogen) atoms. The van der Waals surface area contributed by atoms with E-state index in [1.807, 2.05) is 36.6 Å². The molecule has 0 spiro atoms. The lowest BCUT2D eigenvalue weighted by Crippen LogP contribution is -2.46. The van der Waals surface area contributed by atoms with Crippen molar-refractivity contribution in [3.8, 4) is 16.9 Å². The number of carbonyl (C=O) groups excluding carboxylic acids is 1. The summed E-state index contributed by atoms with van der Waals surface area (Å²) in [6, 6.07) is 7.67. The molecule has 1 N–H and O–H groups in total. The van der Waals surface area contributed by atoms with Crippen LogP contribution in [0.1, 0.15) is 94.0 Å². The first-order valence-corrected chi connectivity index (χ1v) is 19.0. The van der Waals surface area contributed by atoms with Crippen molar-refractivity contribution in [2.45, 2.75) is 103 Å². The van der Waals surface area contributed by atoms with E-state index in [4.69, 9.17) is 24.1 Å². The molecule has 0 aliphatic carbocycles. The van der Waals surface area contributed by atoms with Gasteiger partial charge >= 0.3 is 12.6 Å². The summed E-state index contributed by atoms with van der Waals surface area (Å²) in [6.07, 6.45) is 3.93. The predicted octanol–water partition coefficient (Wildman–Crippen LogP) is 7.70. The molecule has 2 aromatic heterocycles. The lowest BCUT2D eigenvalue weighted by Gasteiger charge is -2.42. The highest BCUT2D eigenvalue weighted by atomic mass is 28.4. The highest BCUT2D eigenvalue weighted by molar-refractivity contribution is 6.74. The van der Waals surface area contributed by atoms with E-state index in [9.17, 15) is 23.5 Å². The molecule has 2 aliphatic heterocycles. The number of rotatable bonds is 9. The SMILES string of the molecule is CCC(C(=O)O)N1C(=O)c2cccc(OC(F)F)c2[C@H]2C[C@@H]1c1nc3ccc(-c4cnc(C(C)(C)O[Si](C)(C)C(C)(C)C)nc4)cc3n12. The van der Waals surface area contributed by atoms with Crippen LogP contribution < -0.4 is 4.74 Å². The zero-order valence-electron chi connectivity index (χ0n) is 28.4. The molecule has 2 aromatic carbocycles. The number of aromatic nitrogens is 4. The Morgan fingerprint density at radius 1 is 1.06 bits per heavy atom. The molecule has 0 saturated heterocycles. The minimum Gasteiger partial charge on any atom is -0.480 e. The normalized spacial score (nSPS) is 18.6. The Balaban J connectivity index is 1.45. The predicted molar refractivity (Wildman–Crippen MR) is 179 cm³/mol. The van der Waals surface area contributed by atoms with Crippen LogP contribution in [0, 0.1) is 0 Å². The van der Waals surface area contributed by atoms with E-state index in [-0.39, 0.29) is 34.8 Å². The van der Waals surface area contributed by atoms with Crippen LogP contribution in [-0.2, 0) is 14.8 Å². The minimum atomic E-state index is -3.11. The Morgan fingerprint density at radius 2 is 1.75 bits per heavy atom. The Hall–Kier alpha value is -4.23. The number of hydrogen-bond donors (Lipinski definition) is 1. The van der Waals surface area contributed by atoms with E-state index >= 15 is 0 Å². The zero-order chi connectivity index (χ0) is 34.9. The Labute approximate surface area is 279 Å². The first-order valence-electron chi connectivity index (χ1n) is 16.1. The number of alkyl halides is 2. The Kier molecular flexibility index (Phi) is 8.22. The van der Waals surface area contributed by atoms with Crippen molar-refractivity contribution in [3.05, 3.63) is 71.6 Å². The molecule has 1 unspecified atom stereocenters. The van der Waals surface area contributed by atoms with Crippen LogP contribution in [0.25, 0.3) is 22.2 Å².